The Bertz CT molecular complexity index is 3820. The summed E-state index contributed by atoms with van der Waals surface area (Å²) in [5, 5.41) is 13.1. The lowest BCUT2D eigenvalue weighted by molar-refractivity contribution is 0.669. The number of hydrogen-bond acceptors (Lipinski definition) is 1. The summed E-state index contributed by atoms with van der Waals surface area (Å²) in [6.45, 7) is 0. The summed E-state index contributed by atoms with van der Waals surface area (Å²) in [6, 6.07) is 20.1. The van der Waals surface area contributed by atoms with Gasteiger partial charge in [-0.15, -0.1) is 38.2 Å². The Morgan fingerprint density at radius 3 is 1.05 bits per heavy atom. The van der Waals surface area contributed by atoms with Gasteiger partial charge in [0.15, 0.2) is 0 Å². The highest BCUT2D eigenvalue weighted by molar-refractivity contribution is 6.75. The van der Waals surface area contributed by atoms with E-state index < -0.39 is 0 Å². The van der Waals surface area contributed by atoms with Gasteiger partial charge in [-0.05, 0) is 101 Å². The predicted octanol–water partition coefficient (Wildman–Crippen LogP) is -19.9. The van der Waals surface area contributed by atoms with Crippen LogP contribution in [0.15, 0.2) is 59.0 Å². The second-order valence-corrected chi connectivity index (χ2v) is 20.5. The molecular weight excluding hydrogens is 774 g/mol. The molecule has 0 fully saturated rings. The van der Waals surface area contributed by atoms with Gasteiger partial charge in [0.25, 0.3) is 0 Å². The molecule has 0 radical (unpaired) electrons. The minimum atomic E-state index is 0.925. The normalized spacial score (nSPS) is 11.9. The lowest BCUT2D eigenvalue weighted by atomic mass is 9.55. The standard InChI is InChI=1S/C46H47B19O/c47-28-23(34(53)35(54)25-24(28)36(55)37(56)26(29(25)48)27-38(57)44(63)46(65)45(64)39(27)58)18-21-19(30(49)40(59)42(61)32(21)51)17(20-22(18)33(52)43(62)41(60)31(20)50)12-5-6-15-13(8-12)14-7-10-3-1-2-4-11(10)9-16(14)66-15/h1-9H,47-65H2. The monoisotopic (exact) mass is 825 g/mol. The molecular formula is C46H47B19O. The van der Waals surface area contributed by atoms with Crippen LogP contribution in [0.25, 0.3) is 98.4 Å². The summed E-state index contributed by atoms with van der Waals surface area (Å²) in [7, 11) is 45.0. The third-order valence-electron chi connectivity index (χ3n) is 17.9. The van der Waals surface area contributed by atoms with E-state index in [9.17, 15) is 0 Å². The van der Waals surface area contributed by atoms with Gasteiger partial charge in [-0.1, -0.05) is 95.9 Å². The van der Waals surface area contributed by atoms with E-state index in [0.717, 1.165) is 21.9 Å². The first-order valence-electron chi connectivity index (χ1n) is 24.1. The Kier molecular flexibility index (Phi) is 10.6. The summed E-state index contributed by atoms with van der Waals surface area (Å²) in [5.74, 6) is 0. The molecule has 0 spiro atoms. The second-order valence-electron chi connectivity index (χ2n) is 20.5. The van der Waals surface area contributed by atoms with E-state index in [1.54, 1.807) is 0 Å². The SMILES string of the molecule is Bc1c(B)c(B)c(-c2c(B)c(B)c3c(B)c(-c4c5c(B)c(B)c(B)c(B)c5c(-c5ccc6oc7cc8ccccc8cc7c6c5)c5c(B)c(B)c(B)c(B)c45)c(B)c(B)c3c2B)c(B)c1B. The molecule has 0 saturated carbocycles. The van der Waals surface area contributed by atoms with Gasteiger partial charge in [0, 0.05) is 10.8 Å². The van der Waals surface area contributed by atoms with E-state index in [2.05, 4.69) is 204 Å². The first kappa shape index (κ1) is 44.9. The van der Waals surface area contributed by atoms with Gasteiger partial charge >= 0.3 is 0 Å². The highest BCUT2D eigenvalue weighted by Crippen LogP contribution is 2.42. The van der Waals surface area contributed by atoms with Crippen molar-refractivity contribution < 1.29 is 4.42 Å². The summed E-state index contributed by atoms with van der Waals surface area (Å²) in [4.78, 5) is 0. The van der Waals surface area contributed by atoms with Crippen LogP contribution in [0.4, 0.5) is 0 Å². The maximum absolute atomic E-state index is 6.62. The summed E-state index contributed by atoms with van der Waals surface area (Å²) in [5.41, 5.74) is 36.4. The van der Waals surface area contributed by atoms with Crippen molar-refractivity contribution in [2.24, 2.45) is 0 Å². The van der Waals surface area contributed by atoms with E-state index >= 15 is 0 Å². The van der Waals surface area contributed by atoms with Crippen molar-refractivity contribution in [3.05, 3.63) is 54.6 Å². The molecule has 20 heteroatoms. The van der Waals surface area contributed by atoms with Crippen LogP contribution in [0, 0.1) is 0 Å². The zero-order chi connectivity index (χ0) is 47.4. The van der Waals surface area contributed by atoms with Gasteiger partial charge < -0.3 is 4.42 Å². The van der Waals surface area contributed by atoms with Crippen molar-refractivity contribution in [1.82, 2.24) is 0 Å². The third kappa shape index (κ3) is 5.94. The smallest absolute Gasteiger partial charge is 0.140 e. The van der Waals surface area contributed by atoms with Crippen LogP contribution in [-0.4, -0.2) is 149 Å². The topological polar surface area (TPSA) is 13.1 Å². The summed E-state index contributed by atoms with van der Waals surface area (Å²) >= 11 is 0. The summed E-state index contributed by atoms with van der Waals surface area (Å²) < 4.78 is 6.62. The molecule has 9 aromatic carbocycles. The van der Waals surface area contributed by atoms with Crippen molar-refractivity contribution in [3.8, 4) is 33.4 Å². The van der Waals surface area contributed by atoms with Crippen molar-refractivity contribution in [1.29, 1.82) is 0 Å². The second kappa shape index (κ2) is 15.5. The molecule has 0 saturated heterocycles. The minimum absolute atomic E-state index is 0.925. The molecule has 0 aliphatic rings. The third-order valence-corrected chi connectivity index (χ3v) is 17.9. The molecule has 1 nitrogen and oxygen atoms in total. The average molecular weight is 821 g/mol. The maximum Gasteiger partial charge on any atom is 0.140 e. The van der Waals surface area contributed by atoms with Crippen LogP contribution >= 0.6 is 0 Å². The molecule has 0 aliphatic heterocycles. The predicted molar refractivity (Wildman–Crippen MR) is 355 cm³/mol. The van der Waals surface area contributed by atoms with Crippen LogP contribution in [-0.2, 0) is 0 Å². The molecule has 0 amide bonds. The molecule has 1 heterocycles. The Morgan fingerprint density at radius 1 is 0.242 bits per heavy atom. The highest BCUT2D eigenvalue weighted by Gasteiger charge is 2.29. The zero-order valence-electron chi connectivity index (χ0n) is 43.1. The fraction of sp³-hybridized carbons (Fsp3) is 0. The quantitative estimate of drug-likeness (QED) is 0.128. The van der Waals surface area contributed by atoms with Gasteiger partial charge in [-0.3, -0.25) is 0 Å². The van der Waals surface area contributed by atoms with E-state index in [1.807, 2.05) is 0 Å². The molecule has 0 bridgehead atoms. The van der Waals surface area contributed by atoms with Crippen LogP contribution in [0.1, 0.15) is 0 Å². The highest BCUT2D eigenvalue weighted by atomic mass is 16.3. The fourth-order valence-corrected chi connectivity index (χ4v) is 12.8. The van der Waals surface area contributed by atoms with E-state index in [4.69, 9.17) is 4.42 Å². The lowest BCUT2D eigenvalue weighted by Crippen LogP contribution is -2.56. The van der Waals surface area contributed by atoms with E-state index in [1.165, 1.54) is 180 Å². The maximum atomic E-state index is 6.62. The summed E-state index contributed by atoms with van der Waals surface area (Å²) in [6.07, 6.45) is 0. The molecule has 10 aromatic rings. The van der Waals surface area contributed by atoms with Crippen LogP contribution in [0.3, 0.4) is 0 Å². The van der Waals surface area contributed by atoms with Gasteiger partial charge in [-0.25, -0.2) is 0 Å². The van der Waals surface area contributed by atoms with Gasteiger partial charge in [0.1, 0.15) is 160 Å². The Balaban J connectivity index is 1.40. The van der Waals surface area contributed by atoms with Gasteiger partial charge in [0.2, 0.25) is 0 Å². The first-order valence-corrected chi connectivity index (χ1v) is 24.1. The molecule has 0 atom stereocenters. The Morgan fingerprint density at radius 2 is 0.576 bits per heavy atom. The minimum Gasteiger partial charge on any atom is -0.456 e. The van der Waals surface area contributed by atoms with Crippen molar-refractivity contribution >= 4 is 318 Å². The average Bonchev–Trinajstić information content (AvgIpc) is 3.66. The Hall–Kier alpha value is -4.95. The molecule has 0 N–H and O–H groups in total. The number of hydrogen-bond donors (Lipinski definition) is 0. The van der Waals surface area contributed by atoms with E-state index in [0.29, 0.717) is 0 Å². The zero-order valence-corrected chi connectivity index (χ0v) is 43.1. The van der Waals surface area contributed by atoms with Crippen molar-refractivity contribution in [2.75, 3.05) is 0 Å². The molecule has 1 aromatic heterocycles. The number of furan rings is 1. The fourth-order valence-electron chi connectivity index (χ4n) is 12.8. The first-order chi connectivity index (χ1) is 31.2. The molecule has 0 aliphatic carbocycles. The molecule has 10 rings (SSSR count). The van der Waals surface area contributed by atoms with Crippen LogP contribution < -0.4 is 104 Å². The van der Waals surface area contributed by atoms with Crippen molar-refractivity contribution in [3.63, 3.8) is 0 Å². The van der Waals surface area contributed by atoms with Crippen molar-refractivity contribution in [2.45, 2.75) is 0 Å². The molecule has 66 heavy (non-hydrogen) atoms. The van der Waals surface area contributed by atoms with Crippen LogP contribution in [0.5, 0.6) is 0 Å². The largest absolute Gasteiger partial charge is 0.456 e. The number of benzene rings is 9. The van der Waals surface area contributed by atoms with Crippen LogP contribution in [0.2, 0.25) is 0 Å². The molecule has 0 unspecified atom stereocenters. The lowest BCUT2D eigenvalue weighted by Gasteiger charge is -2.31. The van der Waals surface area contributed by atoms with E-state index in [-0.39, 0.29) is 0 Å². The van der Waals surface area contributed by atoms with Gasteiger partial charge in [-0.2, -0.15) is 0 Å². The number of fused-ring (bicyclic) bond motifs is 7. The number of rotatable bonds is 3. The molecule has 294 valence electrons. The Labute approximate surface area is 407 Å². The van der Waals surface area contributed by atoms with Gasteiger partial charge in [0.05, 0.1) is 0 Å².